The van der Waals surface area contributed by atoms with Crippen LogP contribution in [0.1, 0.15) is 57.4 Å². The summed E-state index contributed by atoms with van der Waals surface area (Å²) in [6.45, 7) is 2.21. The van der Waals surface area contributed by atoms with E-state index in [1.54, 1.807) is 0 Å². The van der Waals surface area contributed by atoms with Crippen molar-refractivity contribution < 1.29 is 122 Å². The first-order valence-corrected chi connectivity index (χ1v) is 8.78. The third kappa shape index (κ3) is 14.8. The molecule has 0 N–H and O–H groups in total. The van der Waals surface area contributed by atoms with E-state index in [4.69, 9.17) is 0 Å². The van der Waals surface area contributed by atoms with Crippen LogP contribution in [0.5, 0.6) is 5.75 Å². The van der Waals surface area contributed by atoms with Gasteiger partial charge in [-0.2, -0.15) is 0 Å². The fourth-order valence-corrected chi connectivity index (χ4v) is 2.51. The zero-order valence-corrected chi connectivity index (χ0v) is 21.2. The summed E-state index contributed by atoms with van der Waals surface area (Å²) in [4.78, 5) is 20.9. The van der Waals surface area contributed by atoms with Gasteiger partial charge in [0.25, 0.3) is 0 Å². The molecule has 0 aromatic heterocycles. The molecule has 4 nitrogen and oxygen atoms in total. The first-order valence-electron chi connectivity index (χ1n) is 7.32. The van der Waals surface area contributed by atoms with E-state index in [-0.39, 0.29) is 109 Å². The van der Waals surface area contributed by atoms with E-state index in [0.717, 1.165) is 18.4 Å². The quantitative estimate of drug-likeness (QED) is 0.251. The van der Waals surface area contributed by atoms with E-state index in [1.165, 1.54) is 50.7 Å². The predicted molar refractivity (Wildman–Crippen MR) is 76.4 cm³/mol. The Morgan fingerprint density at radius 1 is 0.909 bits per heavy atom. The van der Waals surface area contributed by atoms with Crippen LogP contribution in [-0.4, -0.2) is 0 Å². The number of hydrogen-bond donors (Lipinski definition) is 0. The van der Waals surface area contributed by atoms with Crippen LogP contribution in [-0.2, 0) is 11.0 Å². The molecule has 1 aromatic rings. The fraction of sp³-hybridized carbons (Fsp3) is 0.600. The second kappa shape index (κ2) is 15.7. The van der Waals surface area contributed by atoms with E-state index in [1.807, 2.05) is 12.1 Å². The van der Waals surface area contributed by atoms with E-state index >= 15 is 0 Å². The molecule has 7 heteroatoms. The zero-order chi connectivity index (χ0) is 14.8. The molecule has 0 radical (unpaired) electrons. The molecule has 1 rings (SSSR count). The predicted octanol–water partition coefficient (Wildman–Crippen LogP) is -2.80. The number of unbranched alkanes of at least 4 members (excludes halogenated alkanes) is 6. The smallest absolute Gasteiger partial charge is 0.780 e. The number of hydrogen-bond acceptors (Lipinski definition) is 4. The molecule has 0 aliphatic rings. The van der Waals surface area contributed by atoms with Crippen molar-refractivity contribution in [2.75, 3.05) is 0 Å². The van der Waals surface area contributed by atoms with Crippen molar-refractivity contribution in [2.24, 2.45) is 0 Å². The summed E-state index contributed by atoms with van der Waals surface area (Å²) in [5.74, 6) is 0.0849. The van der Waals surface area contributed by atoms with Crippen molar-refractivity contribution in [2.45, 2.75) is 58.3 Å². The minimum absolute atomic E-state index is 0. The van der Waals surface area contributed by atoms with Crippen LogP contribution in [0.25, 0.3) is 0 Å². The maximum Gasteiger partial charge on any atom is 1.00 e. The molecule has 0 spiro atoms. The fourth-order valence-electron chi connectivity index (χ4n) is 2.13. The Labute approximate surface area is 219 Å². The molecule has 0 fully saturated rings. The molecule has 0 bridgehead atoms. The Hall–Kier alpha value is 2.44. The normalized spacial score (nSPS) is 10.5. The molecule has 1 aromatic carbocycles. The number of rotatable bonds is 10. The van der Waals surface area contributed by atoms with E-state index in [2.05, 4.69) is 11.4 Å². The minimum atomic E-state index is -4.94. The molecule has 0 saturated heterocycles. The summed E-state index contributed by atoms with van der Waals surface area (Å²) in [7, 11) is -4.94. The third-order valence-electron chi connectivity index (χ3n) is 3.21. The maximum atomic E-state index is 10.5. The van der Waals surface area contributed by atoms with Crippen LogP contribution in [0.4, 0.5) is 0 Å². The van der Waals surface area contributed by atoms with Gasteiger partial charge in [0, 0.05) is 0 Å². The topological polar surface area (TPSA) is 72.4 Å². The van der Waals surface area contributed by atoms with Crippen molar-refractivity contribution in [3.63, 3.8) is 0 Å². The molecular formula is C15H23K2O4P. The zero-order valence-electron chi connectivity index (χ0n) is 14.0. The Morgan fingerprint density at radius 3 is 1.91 bits per heavy atom. The van der Waals surface area contributed by atoms with Crippen LogP contribution in [0.15, 0.2) is 24.3 Å². The molecule has 0 atom stereocenters. The standard InChI is InChI=1S/C15H25O4P.2K/c1-2-3-4-5-6-7-8-9-14-10-12-15(13-11-14)19-20(16,17)18;;/h10-13H,2-9H2,1H3,(H2,16,17,18);;/q;2*+1/p-2. The molecule has 0 aliphatic carbocycles. The Kier molecular flexibility index (Phi) is 19.0. The van der Waals surface area contributed by atoms with Gasteiger partial charge in [-0.05, 0) is 30.5 Å². The summed E-state index contributed by atoms with van der Waals surface area (Å²) in [5, 5.41) is 0. The van der Waals surface area contributed by atoms with Gasteiger partial charge in [-0.1, -0.05) is 57.6 Å². The molecule has 0 amide bonds. The van der Waals surface area contributed by atoms with Crippen molar-refractivity contribution in [3.8, 4) is 5.75 Å². The van der Waals surface area contributed by atoms with Crippen molar-refractivity contribution in [3.05, 3.63) is 29.8 Å². The summed E-state index contributed by atoms with van der Waals surface area (Å²) in [6, 6.07) is 6.67. The minimum Gasteiger partial charge on any atom is -0.780 e. The van der Waals surface area contributed by atoms with Gasteiger partial charge in [0.15, 0.2) is 0 Å². The van der Waals surface area contributed by atoms with Crippen molar-refractivity contribution in [1.82, 2.24) is 0 Å². The van der Waals surface area contributed by atoms with E-state index in [9.17, 15) is 14.4 Å². The van der Waals surface area contributed by atoms with Crippen molar-refractivity contribution in [1.29, 1.82) is 0 Å². The van der Waals surface area contributed by atoms with Crippen LogP contribution in [0.2, 0.25) is 0 Å². The van der Waals surface area contributed by atoms with Gasteiger partial charge >= 0.3 is 103 Å². The van der Waals surface area contributed by atoms with Gasteiger partial charge in [0.1, 0.15) is 13.6 Å². The van der Waals surface area contributed by atoms with Crippen LogP contribution >= 0.6 is 7.82 Å². The molecule has 0 aliphatic heterocycles. The first-order chi connectivity index (χ1) is 9.51. The number of phosphoric ester groups is 1. The largest absolute Gasteiger partial charge is 1.00 e. The second-order valence-electron chi connectivity index (χ2n) is 5.05. The second-order valence-corrected chi connectivity index (χ2v) is 6.13. The molecular weight excluding hydrogens is 353 g/mol. The summed E-state index contributed by atoms with van der Waals surface area (Å²) < 4.78 is 14.7. The number of benzene rings is 1. The number of aryl methyl sites for hydroxylation is 1. The molecule has 22 heavy (non-hydrogen) atoms. The van der Waals surface area contributed by atoms with Gasteiger partial charge in [-0.25, -0.2) is 0 Å². The summed E-state index contributed by atoms with van der Waals surface area (Å²) in [6.07, 6.45) is 9.83. The van der Waals surface area contributed by atoms with E-state index < -0.39 is 7.82 Å². The molecule has 0 saturated carbocycles. The Bertz CT molecular complexity index is 420. The van der Waals surface area contributed by atoms with E-state index in [0.29, 0.717) is 0 Å². The monoisotopic (exact) mass is 376 g/mol. The molecule has 0 unspecified atom stereocenters. The van der Waals surface area contributed by atoms with Crippen LogP contribution in [0.3, 0.4) is 0 Å². The SMILES string of the molecule is CCCCCCCCCc1ccc(OP(=O)([O-])[O-])cc1.[K+].[K+]. The van der Waals surface area contributed by atoms with Crippen LogP contribution in [0, 0.1) is 0 Å². The van der Waals surface area contributed by atoms with Crippen LogP contribution < -0.4 is 117 Å². The van der Waals surface area contributed by atoms with Gasteiger partial charge in [0.2, 0.25) is 0 Å². The van der Waals surface area contributed by atoms with Gasteiger partial charge in [0.05, 0.1) is 0 Å². The molecule has 0 heterocycles. The number of phosphoric acid groups is 1. The van der Waals surface area contributed by atoms with Crippen molar-refractivity contribution >= 4 is 7.82 Å². The van der Waals surface area contributed by atoms with Gasteiger partial charge in [-0.15, -0.1) is 0 Å². The first kappa shape index (κ1) is 26.7. The average molecular weight is 377 g/mol. The van der Waals surface area contributed by atoms with Gasteiger partial charge in [-0.3, -0.25) is 0 Å². The average Bonchev–Trinajstić information content (AvgIpc) is 2.38. The van der Waals surface area contributed by atoms with Gasteiger partial charge < -0.3 is 18.9 Å². The molecule has 114 valence electrons. The Morgan fingerprint density at radius 2 is 1.41 bits per heavy atom. The maximum absolute atomic E-state index is 10.5. The Balaban J connectivity index is 0. The summed E-state index contributed by atoms with van der Waals surface area (Å²) in [5.41, 5.74) is 1.14. The summed E-state index contributed by atoms with van der Waals surface area (Å²) >= 11 is 0. The third-order valence-corrected chi connectivity index (χ3v) is 3.64.